The van der Waals surface area contributed by atoms with E-state index in [1.54, 1.807) is 26.2 Å². The Bertz CT molecular complexity index is 423. The first-order valence-corrected chi connectivity index (χ1v) is 6.70. The van der Waals surface area contributed by atoms with Crippen LogP contribution < -0.4 is 10.1 Å². The van der Waals surface area contributed by atoms with Gasteiger partial charge in [-0.2, -0.15) is 0 Å². The lowest BCUT2D eigenvalue weighted by Crippen LogP contribution is -2.31. The van der Waals surface area contributed by atoms with Crippen molar-refractivity contribution in [3.05, 3.63) is 28.2 Å². The highest BCUT2D eigenvalue weighted by Crippen LogP contribution is 2.28. The van der Waals surface area contributed by atoms with Gasteiger partial charge in [0.25, 0.3) is 5.91 Å². The first-order valence-electron chi connectivity index (χ1n) is 5.90. The van der Waals surface area contributed by atoms with Gasteiger partial charge >= 0.3 is 0 Å². The lowest BCUT2D eigenvalue weighted by molar-refractivity contribution is -0.123. The van der Waals surface area contributed by atoms with E-state index in [1.165, 1.54) is 0 Å². The van der Waals surface area contributed by atoms with Crippen LogP contribution in [-0.2, 0) is 9.53 Å². The zero-order valence-corrected chi connectivity index (χ0v) is 12.6. The number of aliphatic hydroxyl groups excluding tert-OH is 1. The third-order valence-electron chi connectivity index (χ3n) is 2.41. The second kappa shape index (κ2) is 8.14. The minimum absolute atomic E-state index is 0.0973. The van der Waals surface area contributed by atoms with Crippen molar-refractivity contribution in [2.75, 3.05) is 26.9 Å². The average molecular weight is 332 g/mol. The summed E-state index contributed by atoms with van der Waals surface area (Å²) in [4.78, 5) is 11.5. The van der Waals surface area contributed by atoms with Crippen LogP contribution in [0.4, 0.5) is 0 Å². The maximum absolute atomic E-state index is 11.5. The van der Waals surface area contributed by atoms with Crippen molar-refractivity contribution >= 4 is 21.8 Å². The predicted molar refractivity (Wildman–Crippen MR) is 75.2 cm³/mol. The summed E-state index contributed by atoms with van der Waals surface area (Å²) in [6.45, 7) is 2.45. The molecule has 1 aromatic carbocycles. The van der Waals surface area contributed by atoms with E-state index in [0.29, 0.717) is 24.5 Å². The number of methoxy groups -OCH3 is 1. The molecule has 0 fully saturated rings. The van der Waals surface area contributed by atoms with E-state index >= 15 is 0 Å². The molecular formula is C13H18BrNO4. The molecule has 0 saturated carbocycles. The number of benzene rings is 1. The Morgan fingerprint density at radius 2 is 2.26 bits per heavy atom. The smallest absolute Gasteiger partial charge is 0.258 e. The molecule has 0 bridgehead atoms. The van der Waals surface area contributed by atoms with Crippen LogP contribution in [0.2, 0.25) is 0 Å². The fourth-order valence-corrected chi connectivity index (χ4v) is 1.81. The van der Waals surface area contributed by atoms with E-state index in [1.807, 2.05) is 6.07 Å². The fraction of sp³-hybridized carbons (Fsp3) is 0.462. The van der Waals surface area contributed by atoms with Gasteiger partial charge in [-0.15, -0.1) is 0 Å². The molecular weight excluding hydrogens is 314 g/mol. The van der Waals surface area contributed by atoms with E-state index in [-0.39, 0.29) is 12.5 Å². The Kier molecular flexibility index (Phi) is 6.83. The summed E-state index contributed by atoms with van der Waals surface area (Å²) in [5.74, 6) is 0.264. The average Bonchev–Trinajstić information content (AvgIpc) is 2.36. The molecule has 1 amide bonds. The first kappa shape index (κ1) is 15.9. The lowest BCUT2D eigenvalue weighted by atomic mass is 10.1. The van der Waals surface area contributed by atoms with Crippen molar-refractivity contribution in [3.8, 4) is 5.75 Å². The van der Waals surface area contributed by atoms with E-state index in [4.69, 9.17) is 9.47 Å². The topological polar surface area (TPSA) is 67.8 Å². The summed E-state index contributed by atoms with van der Waals surface area (Å²) in [7, 11) is 1.57. The Morgan fingerprint density at radius 3 is 2.89 bits per heavy atom. The number of amides is 1. The SMILES string of the molecule is COCCNC(=O)COc1cc(Br)ccc1[C@H](C)O. The summed E-state index contributed by atoms with van der Waals surface area (Å²) in [5.41, 5.74) is 0.646. The fourth-order valence-electron chi connectivity index (χ4n) is 1.47. The molecule has 1 rings (SSSR count). The van der Waals surface area contributed by atoms with Gasteiger partial charge in [-0.05, 0) is 19.1 Å². The molecule has 2 N–H and O–H groups in total. The Labute approximate surface area is 121 Å². The van der Waals surface area contributed by atoms with Crippen molar-refractivity contribution in [2.45, 2.75) is 13.0 Å². The summed E-state index contributed by atoms with van der Waals surface area (Å²) in [6.07, 6.45) is -0.653. The molecule has 0 aliphatic rings. The van der Waals surface area contributed by atoms with Gasteiger partial charge in [0.1, 0.15) is 5.75 Å². The molecule has 1 atom stereocenters. The van der Waals surface area contributed by atoms with Crippen LogP contribution in [0.5, 0.6) is 5.75 Å². The van der Waals surface area contributed by atoms with Gasteiger partial charge in [-0.25, -0.2) is 0 Å². The van der Waals surface area contributed by atoms with Crippen LogP contribution in [0.1, 0.15) is 18.6 Å². The minimum Gasteiger partial charge on any atom is -0.483 e. The van der Waals surface area contributed by atoms with Gasteiger partial charge in [0.2, 0.25) is 0 Å². The van der Waals surface area contributed by atoms with Crippen LogP contribution in [0.3, 0.4) is 0 Å². The first-order chi connectivity index (χ1) is 9.04. The number of hydrogen-bond acceptors (Lipinski definition) is 4. The quantitative estimate of drug-likeness (QED) is 0.745. The molecule has 0 spiro atoms. The summed E-state index contributed by atoms with van der Waals surface area (Å²) in [6, 6.07) is 5.30. The monoisotopic (exact) mass is 331 g/mol. The number of nitrogens with one attached hydrogen (secondary N) is 1. The molecule has 0 aliphatic carbocycles. The second-order valence-electron chi connectivity index (χ2n) is 3.99. The largest absolute Gasteiger partial charge is 0.483 e. The van der Waals surface area contributed by atoms with Crippen molar-refractivity contribution in [3.63, 3.8) is 0 Å². The molecule has 1 aromatic rings. The van der Waals surface area contributed by atoms with Gasteiger partial charge < -0.3 is 19.9 Å². The van der Waals surface area contributed by atoms with Gasteiger partial charge in [-0.1, -0.05) is 22.0 Å². The van der Waals surface area contributed by atoms with E-state index in [2.05, 4.69) is 21.2 Å². The number of rotatable bonds is 7. The van der Waals surface area contributed by atoms with Crippen molar-refractivity contribution in [1.82, 2.24) is 5.32 Å². The highest BCUT2D eigenvalue weighted by molar-refractivity contribution is 9.10. The zero-order chi connectivity index (χ0) is 14.3. The molecule has 5 nitrogen and oxygen atoms in total. The maximum atomic E-state index is 11.5. The van der Waals surface area contributed by atoms with E-state index in [0.717, 1.165) is 4.47 Å². The molecule has 106 valence electrons. The molecule has 0 radical (unpaired) electrons. The normalized spacial score (nSPS) is 12.0. The van der Waals surface area contributed by atoms with Crippen molar-refractivity contribution in [2.24, 2.45) is 0 Å². The molecule has 6 heteroatoms. The molecule has 0 heterocycles. The third kappa shape index (κ3) is 5.59. The summed E-state index contributed by atoms with van der Waals surface area (Å²) < 4.78 is 11.1. The standard InChI is InChI=1S/C13H18BrNO4/c1-9(16)11-4-3-10(14)7-12(11)19-8-13(17)15-5-6-18-2/h3-4,7,9,16H,5-6,8H2,1-2H3,(H,15,17)/t9-/m0/s1. The van der Waals surface area contributed by atoms with Crippen LogP contribution in [0.25, 0.3) is 0 Å². The van der Waals surface area contributed by atoms with Gasteiger partial charge in [-0.3, -0.25) is 4.79 Å². The predicted octanol–water partition coefficient (Wildman–Crippen LogP) is 1.64. The van der Waals surface area contributed by atoms with Gasteiger partial charge in [0.05, 0.1) is 12.7 Å². The molecule has 0 saturated heterocycles. The molecule has 0 aromatic heterocycles. The van der Waals surface area contributed by atoms with Gasteiger partial charge in [0.15, 0.2) is 6.61 Å². The number of halogens is 1. The highest BCUT2D eigenvalue weighted by Gasteiger charge is 2.11. The van der Waals surface area contributed by atoms with Crippen LogP contribution >= 0.6 is 15.9 Å². The molecule has 0 unspecified atom stereocenters. The van der Waals surface area contributed by atoms with Crippen molar-refractivity contribution < 1.29 is 19.4 Å². The Balaban J connectivity index is 2.56. The molecule has 19 heavy (non-hydrogen) atoms. The van der Waals surface area contributed by atoms with E-state index in [9.17, 15) is 9.90 Å². The number of carbonyl (C=O) groups is 1. The maximum Gasteiger partial charge on any atom is 0.258 e. The zero-order valence-electron chi connectivity index (χ0n) is 11.0. The summed E-state index contributed by atoms with van der Waals surface area (Å²) >= 11 is 3.33. The minimum atomic E-state index is -0.653. The number of carbonyl (C=O) groups excluding carboxylic acids is 1. The van der Waals surface area contributed by atoms with Gasteiger partial charge in [0, 0.05) is 23.7 Å². The van der Waals surface area contributed by atoms with Crippen molar-refractivity contribution in [1.29, 1.82) is 0 Å². The van der Waals surface area contributed by atoms with Crippen LogP contribution in [0, 0.1) is 0 Å². The number of aliphatic hydroxyl groups is 1. The number of ether oxygens (including phenoxy) is 2. The lowest BCUT2D eigenvalue weighted by Gasteiger charge is -2.13. The second-order valence-corrected chi connectivity index (χ2v) is 4.91. The van der Waals surface area contributed by atoms with E-state index < -0.39 is 6.10 Å². The Hall–Kier alpha value is -1.11. The third-order valence-corrected chi connectivity index (χ3v) is 2.91. The number of hydrogen-bond donors (Lipinski definition) is 2. The van der Waals surface area contributed by atoms with Crippen LogP contribution in [0.15, 0.2) is 22.7 Å². The summed E-state index contributed by atoms with van der Waals surface area (Å²) in [5, 5.41) is 12.3. The Morgan fingerprint density at radius 1 is 1.53 bits per heavy atom. The van der Waals surface area contributed by atoms with Crippen LogP contribution in [-0.4, -0.2) is 37.9 Å². The highest BCUT2D eigenvalue weighted by atomic mass is 79.9. The molecule has 0 aliphatic heterocycles.